The minimum atomic E-state index is -0.306. The molecular formula is C15H13ClFN. The maximum atomic E-state index is 13.4. The number of fused-ring (bicyclic) bond motifs is 1. The van der Waals surface area contributed by atoms with Gasteiger partial charge in [0.05, 0.1) is 10.6 Å². The molecule has 0 heterocycles. The molecule has 2 aromatic rings. The standard InChI is InChI=1S/C15H13ClFN/c1-15(2,3)13-7-14(16)12(8-18)10-5-4-9(17)6-11(10)13/h4-7H,1-3H3. The summed E-state index contributed by atoms with van der Waals surface area (Å²) in [5, 5.41) is 11.0. The van der Waals surface area contributed by atoms with E-state index in [1.165, 1.54) is 12.1 Å². The Hall–Kier alpha value is -1.59. The molecule has 0 spiro atoms. The molecule has 0 aliphatic carbocycles. The van der Waals surface area contributed by atoms with E-state index in [0.29, 0.717) is 16.0 Å². The third-order valence-corrected chi connectivity index (χ3v) is 3.27. The van der Waals surface area contributed by atoms with Crippen LogP contribution in [0.15, 0.2) is 24.3 Å². The van der Waals surface area contributed by atoms with Crippen molar-refractivity contribution in [3.63, 3.8) is 0 Å². The van der Waals surface area contributed by atoms with E-state index in [1.807, 2.05) is 20.8 Å². The zero-order chi connectivity index (χ0) is 13.5. The van der Waals surface area contributed by atoms with Gasteiger partial charge in [-0.15, -0.1) is 0 Å². The summed E-state index contributed by atoms with van der Waals surface area (Å²) in [5.74, 6) is -0.306. The van der Waals surface area contributed by atoms with E-state index in [2.05, 4.69) is 6.07 Å². The monoisotopic (exact) mass is 261 g/mol. The molecule has 2 aromatic carbocycles. The summed E-state index contributed by atoms with van der Waals surface area (Å²) in [5.41, 5.74) is 1.18. The summed E-state index contributed by atoms with van der Waals surface area (Å²) in [6.45, 7) is 6.11. The Morgan fingerprint density at radius 1 is 1.17 bits per heavy atom. The van der Waals surface area contributed by atoms with Gasteiger partial charge in [0, 0.05) is 5.39 Å². The van der Waals surface area contributed by atoms with Crippen LogP contribution < -0.4 is 0 Å². The lowest BCUT2D eigenvalue weighted by atomic mass is 9.82. The quantitative estimate of drug-likeness (QED) is 0.668. The smallest absolute Gasteiger partial charge is 0.123 e. The first-order valence-electron chi connectivity index (χ1n) is 5.67. The highest BCUT2D eigenvalue weighted by molar-refractivity contribution is 6.33. The Morgan fingerprint density at radius 2 is 1.83 bits per heavy atom. The molecule has 2 rings (SSSR count). The fourth-order valence-corrected chi connectivity index (χ4v) is 2.35. The third kappa shape index (κ3) is 2.07. The molecule has 0 aliphatic rings. The zero-order valence-corrected chi connectivity index (χ0v) is 11.3. The molecule has 0 saturated heterocycles. The fourth-order valence-electron chi connectivity index (χ4n) is 2.10. The molecule has 3 heteroatoms. The first-order valence-corrected chi connectivity index (χ1v) is 6.04. The molecule has 0 unspecified atom stereocenters. The summed E-state index contributed by atoms with van der Waals surface area (Å²) in [7, 11) is 0. The van der Waals surface area contributed by atoms with Crippen molar-refractivity contribution in [2.24, 2.45) is 0 Å². The molecule has 18 heavy (non-hydrogen) atoms. The van der Waals surface area contributed by atoms with E-state index < -0.39 is 0 Å². The minimum Gasteiger partial charge on any atom is -0.207 e. The maximum Gasteiger partial charge on any atom is 0.123 e. The fraction of sp³-hybridized carbons (Fsp3) is 0.267. The number of halogens is 2. The number of rotatable bonds is 0. The van der Waals surface area contributed by atoms with E-state index in [0.717, 1.165) is 10.9 Å². The Bertz CT molecular complexity index is 663. The average molecular weight is 262 g/mol. The van der Waals surface area contributed by atoms with Crippen molar-refractivity contribution in [2.45, 2.75) is 26.2 Å². The van der Waals surface area contributed by atoms with E-state index in [-0.39, 0.29) is 11.2 Å². The molecule has 0 amide bonds. The van der Waals surface area contributed by atoms with Gasteiger partial charge in [-0.2, -0.15) is 5.26 Å². The topological polar surface area (TPSA) is 23.8 Å². The summed E-state index contributed by atoms with van der Waals surface area (Å²) < 4.78 is 13.4. The van der Waals surface area contributed by atoms with Gasteiger partial charge in [0.2, 0.25) is 0 Å². The molecule has 0 radical (unpaired) electrons. The molecule has 0 aliphatic heterocycles. The Morgan fingerprint density at radius 3 is 2.39 bits per heavy atom. The van der Waals surface area contributed by atoms with Crippen LogP contribution in [-0.4, -0.2) is 0 Å². The van der Waals surface area contributed by atoms with Gasteiger partial charge in [-0.1, -0.05) is 38.4 Å². The number of nitriles is 1. The molecule has 0 fully saturated rings. The SMILES string of the molecule is CC(C)(C)c1cc(Cl)c(C#N)c2ccc(F)cc12. The summed E-state index contributed by atoms with van der Waals surface area (Å²) in [4.78, 5) is 0. The van der Waals surface area contributed by atoms with E-state index in [1.54, 1.807) is 12.1 Å². The van der Waals surface area contributed by atoms with Gasteiger partial charge < -0.3 is 0 Å². The van der Waals surface area contributed by atoms with Crippen LogP contribution in [0.4, 0.5) is 4.39 Å². The van der Waals surface area contributed by atoms with Gasteiger partial charge in [-0.3, -0.25) is 0 Å². The molecule has 0 bridgehead atoms. The Kier molecular flexibility index (Phi) is 3.04. The van der Waals surface area contributed by atoms with Crippen molar-refractivity contribution in [3.8, 4) is 6.07 Å². The van der Waals surface area contributed by atoms with Gasteiger partial charge in [0.15, 0.2) is 0 Å². The van der Waals surface area contributed by atoms with Gasteiger partial charge in [0.25, 0.3) is 0 Å². The first kappa shape index (κ1) is 12.9. The third-order valence-electron chi connectivity index (χ3n) is 2.97. The van der Waals surface area contributed by atoms with Crippen LogP contribution in [0, 0.1) is 17.1 Å². The predicted octanol–water partition coefficient (Wildman–Crippen LogP) is 4.80. The second kappa shape index (κ2) is 4.26. The minimum absolute atomic E-state index is 0.163. The highest BCUT2D eigenvalue weighted by Crippen LogP contribution is 2.36. The van der Waals surface area contributed by atoms with Crippen LogP contribution in [0.25, 0.3) is 10.8 Å². The molecule has 92 valence electrons. The lowest BCUT2D eigenvalue weighted by Crippen LogP contribution is -2.12. The van der Waals surface area contributed by atoms with Crippen molar-refractivity contribution < 1.29 is 4.39 Å². The summed E-state index contributed by atoms with van der Waals surface area (Å²) in [6, 6.07) is 8.28. The lowest BCUT2D eigenvalue weighted by Gasteiger charge is -2.22. The second-order valence-electron chi connectivity index (χ2n) is 5.33. The summed E-state index contributed by atoms with van der Waals surface area (Å²) >= 11 is 6.14. The van der Waals surface area contributed by atoms with Crippen LogP contribution in [0.3, 0.4) is 0 Å². The van der Waals surface area contributed by atoms with Gasteiger partial charge in [-0.05, 0) is 34.6 Å². The molecule has 0 atom stereocenters. The van der Waals surface area contributed by atoms with Gasteiger partial charge in [0.1, 0.15) is 11.9 Å². The van der Waals surface area contributed by atoms with Crippen molar-refractivity contribution in [3.05, 3.63) is 46.2 Å². The largest absolute Gasteiger partial charge is 0.207 e. The van der Waals surface area contributed by atoms with E-state index >= 15 is 0 Å². The van der Waals surface area contributed by atoms with Crippen LogP contribution in [0.2, 0.25) is 5.02 Å². The highest BCUT2D eigenvalue weighted by atomic mass is 35.5. The molecule has 1 nitrogen and oxygen atoms in total. The predicted molar refractivity (Wildman–Crippen MR) is 72.3 cm³/mol. The second-order valence-corrected chi connectivity index (χ2v) is 5.74. The lowest BCUT2D eigenvalue weighted by molar-refractivity contribution is 0.594. The van der Waals surface area contributed by atoms with Gasteiger partial charge >= 0.3 is 0 Å². The maximum absolute atomic E-state index is 13.4. The van der Waals surface area contributed by atoms with Crippen molar-refractivity contribution in [1.82, 2.24) is 0 Å². The highest BCUT2D eigenvalue weighted by Gasteiger charge is 2.20. The Balaban J connectivity index is 2.98. The van der Waals surface area contributed by atoms with Crippen molar-refractivity contribution in [2.75, 3.05) is 0 Å². The van der Waals surface area contributed by atoms with Crippen LogP contribution in [-0.2, 0) is 5.41 Å². The number of hydrogen-bond donors (Lipinski definition) is 0. The van der Waals surface area contributed by atoms with E-state index in [4.69, 9.17) is 16.9 Å². The Labute approximate surface area is 111 Å². The normalized spacial score (nSPS) is 11.6. The van der Waals surface area contributed by atoms with Crippen molar-refractivity contribution in [1.29, 1.82) is 5.26 Å². The van der Waals surface area contributed by atoms with Crippen LogP contribution in [0.5, 0.6) is 0 Å². The molecule has 0 N–H and O–H groups in total. The van der Waals surface area contributed by atoms with Crippen LogP contribution in [0.1, 0.15) is 31.9 Å². The average Bonchev–Trinajstić information content (AvgIpc) is 2.27. The van der Waals surface area contributed by atoms with Gasteiger partial charge in [-0.25, -0.2) is 4.39 Å². The molecular weight excluding hydrogens is 249 g/mol. The zero-order valence-electron chi connectivity index (χ0n) is 10.5. The number of hydrogen-bond acceptors (Lipinski definition) is 1. The number of nitrogens with zero attached hydrogens (tertiary/aromatic N) is 1. The van der Waals surface area contributed by atoms with E-state index in [9.17, 15) is 4.39 Å². The van der Waals surface area contributed by atoms with Crippen molar-refractivity contribution >= 4 is 22.4 Å². The molecule has 0 saturated carbocycles. The number of benzene rings is 2. The van der Waals surface area contributed by atoms with Crippen LogP contribution >= 0.6 is 11.6 Å². The summed E-state index contributed by atoms with van der Waals surface area (Å²) in [6.07, 6.45) is 0. The molecule has 0 aromatic heterocycles. The first-order chi connectivity index (χ1) is 8.34.